The van der Waals surface area contributed by atoms with E-state index in [2.05, 4.69) is 33.8 Å². The highest BCUT2D eigenvalue weighted by atomic mass is 16.5. The van der Waals surface area contributed by atoms with E-state index in [9.17, 15) is 5.11 Å². The lowest BCUT2D eigenvalue weighted by atomic mass is 10.2. The number of ether oxygens (including phenoxy) is 1. The number of methoxy groups -OCH3 is 1. The molecule has 3 rings (SSSR count). The van der Waals surface area contributed by atoms with Crippen molar-refractivity contribution in [2.45, 2.75) is 26.7 Å². The maximum absolute atomic E-state index is 9.47. The Morgan fingerprint density at radius 3 is 2.44 bits per heavy atom. The maximum Gasteiger partial charge on any atom is 0.162 e. The lowest BCUT2D eigenvalue weighted by molar-refractivity contribution is 0.373. The molecule has 0 unspecified atom stereocenters. The van der Waals surface area contributed by atoms with Gasteiger partial charge in [-0.15, -0.1) is 0 Å². The number of aromatic nitrogens is 3. The second-order valence-corrected chi connectivity index (χ2v) is 5.33. The molecule has 144 valence electrons. The molecule has 0 radical (unpaired) electrons. The molecular weight excluding hydrogens is 342 g/mol. The number of hydrogen-bond donors (Lipinski definition) is 3. The van der Waals surface area contributed by atoms with Crippen molar-refractivity contribution in [3.8, 4) is 11.5 Å². The fourth-order valence-corrected chi connectivity index (χ4v) is 1.66. The summed E-state index contributed by atoms with van der Waals surface area (Å²) in [6, 6.07) is 10.2. The van der Waals surface area contributed by atoms with Crippen molar-refractivity contribution in [2.24, 2.45) is 10.7 Å². The highest BCUT2D eigenvalue weighted by Crippen LogP contribution is 2.30. The number of rotatable bonds is 4. The number of unbranched alkanes of at least 4 members (excludes halogenated alkanes) is 1. The van der Waals surface area contributed by atoms with E-state index >= 15 is 0 Å². The molecule has 0 spiro atoms. The van der Waals surface area contributed by atoms with Crippen LogP contribution in [0.15, 0.2) is 66.3 Å². The van der Waals surface area contributed by atoms with Crippen molar-refractivity contribution in [1.82, 2.24) is 15.0 Å². The number of hydrogen-bond acceptors (Lipinski definition) is 5. The number of nitrogens with two attached hydrogens (primary N) is 1. The van der Waals surface area contributed by atoms with Gasteiger partial charge in [-0.05, 0) is 24.3 Å². The van der Waals surface area contributed by atoms with Gasteiger partial charge in [0.1, 0.15) is 11.5 Å². The highest BCUT2D eigenvalue weighted by Gasteiger charge is 2.03. The number of aromatic hydroxyl groups is 1. The molecule has 4 N–H and O–H groups in total. The van der Waals surface area contributed by atoms with Gasteiger partial charge in [0.05, 0.1) is 19.1 Å². The molecule has 0 saturated carbocycles. The number of amidine groups is 1. The monoisotopic (exact) mass is 369 g/mol. The molecule has 3 aromatic rings. The normalized spacial score (nSPS) is 10.1. The number of imidazole rings is 1. The summed E-state index contributed by atoms with van der Waals surface area (Å²) < 4.78 is 5.00. The molecule has 27 heavy (non-hydrogen) atoms. The van der Waals surface area contributed by atoms with Crippen LogP contribution in [0.3, 0.4) is 0 Å². The van der Waals surface area contributed by atoms with Gasteiger partial charge in [-0.3, -0.25) is 4.98 Å². The van der Waals surface area contributed by atoms with Crippen LogP contribution in [0.25, 0.3) is 0 Å². The standard InChI is InChI=1S/C13H13N3O2.C4H10.C3H4N2/c1-18-12-8-9(5-6-11(12)17)16-13(14)10-4-2-3-7-15-10;1-3-4-2;1-2-5-3-4-1/h2-8,17H,1H3,(H2,14,16);3-4H2,1-2H3;1-3H,(H,4,5). The minimum Gasteiger partial charge on any atom is -0.504 e. The molecule has 0 amide bonds. The van der Waals surface area contributed by atoms with E-state index in [0.29, 0.717) is 23.0 Å². The summed E-state index contributed by atoms with van der Waals surface area (Å²) in [4.78, 5) is 14.7. The molecule has 2 heterocycles. The van der Waals surface area contributed by atoms with Gasteiger partial charge in [-0.2, -0.15) is 0 Å². The number of nitrogens with zero attached hydrogens (tertiary/aromatic N) is 3. The number of nitrogens with one attached hydrogen (secondary N) is 1. The van der Waals surface area contributed by atoms with Gasteiger partial charge in [0.25, 0.3) is 0 Å². The van der Waals surface area contributed by atoms with Crippen LogP contribution in [0.1, 0.15) is 32.4 Å². The third-order valence-electron chi connectivity index (χ3n) is 3.25. The maximum atomic E-state index is 9.47. The minimum absolute atomic E-state index is 0.0628. The molecule has 0 aliphatic carbocycles. The Morgan fingerprint density at radius 1 is 1.19 bits per heavy atom. The second-order valence-electron chi connectivity index (χ2n) is 5.33. The van der Waals surface area contributed by atoms with E-state index in [4.69, 9.17) is 10.5 Å². The van der Waals surface area contributed by atoms with Crippen LogP contribution in [0.2, 0.25) is 0 Å². The number of aromatic amines is 1. The Morgan fingerprint density at radius 2 is 1.96 bits per heavy atom. The molecule has 0 aliphatic rings. The molecule has 2 aromatic heterocycles. The first-order chi connectivity index (χ1) is 13.1. The quantitative estimate of drug-likeness (QED) is 0.475. The molecule has 0 atom stereocenters. The van der Waals surface area contributed by atoms with Crippen molar-refractivity contribution in [3.05, 3.63) is 67.0 Å². The van der Waals surface area contributed by atoms with Gasteiger partial charge in [0.2, 0.25) is 0 Å². The zero-order valence-electron chi connectivity index (χ0n) is 16.0. The van der Waals surface area contributed by atoms with Crippen LogP contribution in [0.4, 0.5) is 5.69 Å². The van der Waals surface area contributed by atoms with Gasteiger partial charge in [0, 0.05) is 24.7 Å². The van der Waals surface area contributed by atoms with Crippen LogP contribution in [-0.4, -0.2) is 33.0 Å². The number of aliphatic imine (C=N–C) groups is 1. The summed E-state index contributed by atoms with van der Waals surface area (Å²) in [6.45, 7) is 4.36. The number of phenols is 1. The predicted molar refractivity (Wildman–Crippen MR) is 108 cm³/mol. The van der Waals surface area contributed by atoms with E-state index in [1.807, 2.05) is 6.07 Å². The van der Waals surface area contributed by atoms with E-state index in [-0.39, 0.29) is 5.75 Å². The van der Waals surface area contributed by atoms with E-state index in [1.165, 1.54) is 26.0 Å². The first kappa shape index (κ1) is 21.7. The SMILES string of the molecule is CCCC.COc1cc(N=C(N)c2ccccn2)ccc1O.c1c[nH]cn1. The van der Waals surface area contributed by atoms with Crippen molar-refractivity contribution in [3.63, 3.8) is 0 Å². The Hall–Kier alpha value is -3.35. The highest BCUT2D eigenvalue weighted by molar-refractivity contribution is 5.97. The van der Waals surface area contributed by atoms with Crippen molar-refractivity contribution in [1.29, 1.82) is 0 Å². The van der Waals surface area contributed by atoms with E-state index in [0.717, 1.165) is 0 Å². The number of H-pyrrole nitrogens is 1. The van der Waals surface area contributed by atoms with E-state index in [1.54, 1.807) is 49.2 Å². The van der Waals surface area contributed by atoms with Crippen molar-refractivity contribution in [2.75, 3.05) is 7.11 Å². The minimum atomic E-state index is 0.0628. The lowest BCUT2D eigenvalue weighted by Crippen LogP contribution is -2.14. The average Bonchev–Trinajstić information content (AvgIpc) is 3.30. The molecule has 0 bridgehead atoms. The van der Waals surface area contributed by atoms with Gasteiger partial charge < -0.3 is 20.6 Å². The first-order valence-corrected chi connectivity index (χ1v) is 8.67. The van der Waals surface area contributed by atoms with Gasteiger partial charge in [-0.25, -0.2) is 9.98 Å². The zero-order chi connectivity index (χ0) is 19.9. The van der Waals surface area contributed by atoms with Crippen LogP contribution in [-0.2, 0) is 0 Å². The van der Waals surface area contributed by atoms with Crippen molar-refractivity contribution < 1.29 is 9.84 Å². The molecule has 1 aromatic carbocycles. The smallest absolute Gasteiger partial charge is 0.162 e. The molecule has 0 aliphatic heterocycles. The van der Waals surface area contributed by atoms with Crippen LogP contribution in [0.5, 0.6) is 11.5 Å². The Balaban J connectivity index is 0.000000333. The summed E-state index contributed by atoms with van der Waals surface area (Å²) in [6.07, 6.45) is 9.37. The van der Waals surface area contributed by atoms with E-state index < -0.39 is 0 Å². The summed E-state index contributed by atoms with van der Waals surface area (Å²) in [7, 11) is 1.48. The third kappa shape index (κ3) is 8.53. The predicted octanol–water partition coefficient (Wildman–Crippen LogP) is 4.05. The largest absolute Gasteiger partial charge is 0.504 e. The van der Waals surface area contributed by atoms with Gasteiger partial charge in [0.15, 0.2) is 11.5 Å². The first-order valence-electron chi connectivity index (χ1n) is 8.67. The van der Waals surface area contributed by atoms with Gasteiger partial charge >= 0.3 is 0 Å². The van der Waals surface area contributed by atoms with Crippen molar-refractivity contribution >= 4 is 11.5 Å². The fraction of sp³-hybridized carbons (Fsp3) is 0.250. The molecule has 0 fully saturated rings. The summed E-state index contributed by atoms with van der Waals surface area (Å²) in [5.41, 5.74) is 7.03. The average molecular weight is 369 g/mol. The van der Waals surface area contributed by atoms with Crippen LogP contribution < -0.4 is 10.5 Å². The Bertz CT molecular complexity index is 755. The number of pyridine rings is 1. The summed E-state index contributed by atoms with van der Waals surface area (Å²) in [5, 5.41) is 9.47. The molecule has 0 saturated heterocycles. The molecular formula is C20H27N5O2. The summed E-state index contributed by atoms with van der Waals surface area (Å²) in [5.74, 6) is 0.723. The number of phenolic OH excluding ortho intramolecular Hbond substituents is 1. The topological polar surface area (TPSA) is 109 Å². The van der Waals surface area contributed by atoms with Gasteiger partial charge in [-0.1, -0.05) is 32.8 Å². The zero-order valence-corrected chi connectivity index (χ0v) is 16.0. The molecule has 7 heteroatoms. The van der Waals surface area contributed by atoms with Crippen LogP contribution in [0, 0.1) is 0 Å². The fourth-order valence-electron chi connectivity index (χ4n) is 1.66. The summed E-state index contributed by atoms with van der Waals surface area (Å²) >= 11 is 0. The molecule has 7 nitrogen and oxygen atoms in total. The lowest BCUT2D eigenvalue weighted by Gasteiger charge is -2.04. The Kier molecular flexibility index (Phi) is 10.4. The third-order valence-corrected chi connectivity index (χ3v) is 3.25. The second kappa shape index (κ2) is 12.9. The number of benzene rings is 1. The Labute approximate surface area is 160 Å². The van der Waals surface area contributed by atoms with Crippen LogP contribution >= 0.6 is 0 Å².